The van der Waals surface area contributed by atoms with Gasteiger partial charge in [-0.15, -0.1) is 0 Å². The maximum atomic E-state index is 13.0. The molecule has 0 amide bonds. The van der Waals surface area contributed by atoms with Gasteiger partial charge in [0.15, 0.2) is 0 Å². The van der Waals surface area contributed by atoms with Crippen molar-refractivity contribution < 1.29 is 83.2 Å². The molecule has 0 heterocycles. The van der Waals surface area contributed by atoms with Crippen LogP contribution in [0.2, 0.25) is 0 Å². The lowest BCUT2D eigenvalue weighted by molar-refractivity contribution is -0.415. The van der Waals surface area contributed by atoms with E-state index in [-0.39, 0.29) is 0 Å². The maximum Gasteiger partial charge on any atom is 0.456 e. The molecular weight excluding hydrogens is 480 g/mol. The Bertz CT molecular complexity index is 691. The summed E-state index contributed by atoms with van der Waals surface area (Å²) in [6, 6.07) is 0. The van der Waals surface area contributed by atoms with Crippen molar-refractivity contribution in [2.75, 3.05) is 0 Å². The average molecular weight is 482 g/mol. The molecule has 28 heavy (non-hydrogen) atoms. The Labute approximate surface area is 142 Å². The van der Waals surface area contributed by atoms with Crippen LogP contribution in [-0.2, 0) is 10.1 Å². The van der Waals surface area contributed by atoms with Crippen molar-refractivity contribution in [2.45, 2.75) is 47.2 Å². The fourth-order valence-electron chi connectivity index (χ4n) is 1.28. The molecule has 1 N–H and O–H groups in total. The summed E-state index contributed by atoms with van der Waals surface area (Å²) >= 11 is 0. The van der Waals surface area contributed by atoms with Gasteiger partial charge in [0.1, 0.15) is 0 Å². The van der Waals surface area contributed by atoms with Gasteiger partial charge in [-0.3, -0.25) is 4.55 Å². The smallest absolute Gasteiger partial charge is 0.281 e. The monoisotopic (exact) mass is 482 g/mol. The van der Waals surface area contributed by atoms with Crippen LogP contribution >= 0.6 is 0 Å². The minimum Gasteiger partial charge on any atom is -0.281 e. The lowest BCUT2D eigenvalue weighted by Gasteiger charge is -2.40. The summed E-state index contributed by atoms with van der Waals surface area (Å²) in [4.78, 5) is 0. The van der Waals surface area contributed by atoms with Crippen LogP contribution in [0.3, 0.4) is 0 Å². The van der Waals surface area contributed by atoms with Gasteiger partial charge in [0, 0.05) is 0 Å². The summed E-state index contributed by atoms with van der Waals surface area (Å²) < 4.78 is 230. The molecule has 0 fully saturated rings. The third-order valence-electron chi connectivity index (χ3n) is 2.91. The second-order valence-corrected chi connectivity index (χ2v) is 6.28. The summed E-state index contributed by atoms with van der Waals surface area (Å²) in [7, 11) is -7.78. The Morgan fingerprint density at radius 1 is 0.571 bits per heavy atom. The summed E-state index contributed by atoms with van der Waals surface area (Å²) in [6.45, 7) is 0. The molecule has 0 aliphatic rings. The van der Waals surface area contributed by atoms with E-state index in [1.54, 1.807) is 0 Å². The average Bonchev–Trinajstić information content (AvgIpc) is 2.42. The third kappa shape index (κ3) is 3.34. The molecule has 0 rings (SSSR count). The molecule has 0 saturated heterocycles. The lowest BCUT2D eigenvalue weighted by atomic mass is 9.93. The standard InChI is InChI=1S/C8H2F16O3S/c9-1(3(12,13)7(20,21)22)2(10,11)4(14,15)5(16,17)6(18,19)8(23,24)28(25,26)27/h1H,(H,25,26,27). The van der Waals surface area contributed by atoms with Crippen LogP contribution in [0.1, 0.15) is 0 Å². The summed E-state index contributed by atoms with van der Waals surface area (Å²) in [5.74, 6) is -41.0. The van der Waals surface area contributed by atoms with Crippen LogP contribution in [0.25, 0.3) is 0 Å². The van der Waals surface area contributed by atoms with E-state index in [0.717, 1.165) is 0 Å². The predicted octanol–water partition coefficient (Wildman–Crippen LogP) is 4.54. The molecule has 0 bridgehead atoms. The molecule has 0 spiro atoms. The molecule has 0 saturated carbocycles. The highest BCUT2D eigenvalue weighted by molar-refractivity contribution is 7.87. The number of rotatable bonds is 7. The van der Waals surface area contributed by atoms with Gasteiger partial charge in [0.05, 0.1) is 0 Å². The Morgan fingerprint density at radius 2 is 0.893 bits per heavy atom. The molecule has 0 aliphatic carbocycles. The highest BCUT2D eigenvalue weighted by Crippen LogP contribution is 2.60. The van der Waals surface area contributed by atoms with E-state index in [4.69, 9.17) is 4.55 Å². The number of hydrogen-bond donors (Lipinski definition) is 1. The van der Waals surface area contributed by atoms with E-state index in [2.05, 4.69) is 0 Å². The predicted molar refractivity (Wildman–Crippen MR) is 52.2 cm³/mol. The van der Waals surface area contributed by atoms with E-state index in [1.807, 2.05) is 0 Å². The molecule has 0 aromatic carbocycles. The van der Waals surface area contributed by atoms with Gasteiger partial charge in [-0.25, -0.2) is 4.39 Å². The topological polar surface area (TPSA) is 54.4 Å². The zero-order valence-corrected chi connectivity index (χ0v) is 12.6. The number of halogens is 16. The Morgan fingerprint density at radius 3 is 1.14 bits per heavy atom. The zero-order chi connectivity index (χ0) is 23.6. The minimum absolute atomic E-state index is 6.73. The fraction of sp³-hybridized carbons (Fsp3) is 1.00. The van der Waals surface area contributed by atoms with Crippen LogP contribution in [-0.4, -0.2) is 60.2 Å². The second kappa shape index (κ2) is 6.39. The first-order chi connectivity index (χ1) is 11.7. The molecule has 0 radical (unpaired) electrons. The maximum absolute atomic E-state index is 13.0. The number of alkyl halides is 16. The van der Waals surface area contributed by atoms with Gasteiger partial charge in [-0.2, -0.15) is 74.3 Å². The first-order valence-corrected chi connectivity index (χ1v) is 7.04. The molecule has 1 unspecified atom stereocenters. The van der Waals surface area contributed by atoms with Gasteiger partial charge < -0.3 is 0 Å². The fourth-order valence-corrected chi connectivity index (χ4v) is 1.73. The Balaban J connectivity index is 6.64. The van der Waals surface area contributed by atoms with Gasteiger partial charge in [0.25, 0.3) is 0 Å². The van der Waals surface area contributed by atoms with E-state index >= 15 is 0 Å². The van der Waals surface area contributed by atoms with Crippen molar-refractivity contribution in [2.24, 2.45) is 0 Å². The van der Waals surface area contributed by atoms with Crippen molar-refractivity contribution in [1.29, 1.82) is 0 Å². The quantitative estimate of drug-likeness (QED) is 0.429. The third-order valence-corrected chi connectivity index (χ3v) is 3.82. The SMILES string of the molecule is O=S(=O)(O)C(F)(F)C(F)(F)C(F)(F)C(F)(F)C(F)(F)C(F)C(F)(F)C(F)(F)F. The van der Waals surface area contributed by atoms with E-state index in [1.165, 1.54) is 0 Å². The van der Waals surface area contributed by atoms with Crippen LogP contribution in [0.4, 0.5) is 70.2 Å². The van der Waals surface area contributed by atoms with E-state index in [9.17, 15) is 78.7 Å². The first kappa shape index (κ1) is 26.8. The normalized spacial score (nSPS) is 17.6. The second-order valence-electron chi connectivity index (χ2n) is 4.82. The molecule has 3 nitrogen and oxygen atoms in total. The van der Waals surface area contributed by atoms with Crippen molar-refractivity contribution in [3.63, 3.8) is 0 Å². The first-order valence-electron chi connectivity index (χ1n) is 5.60. The molecule has 0 aromatic rings. The van der Waals surface area contributed by atoms with Crippen molar-refractivity contribution in [1.82, 2.24) is 0 Å². The van der Waals surface area contributed by atoms with Gasteiger partial charge in [-0.1, -0.05) is 0 Å². The molecule has 0 aromatic heterocycles. The Hall–Kier alpha value is -1.21. The molecule has 170 valence electrons. The molecule has 0 aliphatic heterocycles. The zero-order valence-electron chi connectivity index (χ0n) is 11.8. The highest BCUT2D eigenvalue weighted by Gasteiger charge is 2.91. The Kier molecular flexibility index (Phi) is 6.12. The highest BCUT2D eigenvalue weighted by atomic mass is 32.2. The summed E-state index contributed by atoms with van der Waals surface area (Å²) in [5.41, 5.74) is 0. The largest absolute Gasteiger partial charge is 0.456 e. The minimum atomic E-state index is -8.51. The molecule has 1 atom stereocenters. The van der Waals surface area contributed by atoms with Crippen LogP contribution in [0.15, 0.2) is 0 Å². The van der Waals surface area contributed by atoms with E-state index in [0.29, 0.717) is 0 Å². The summed E-state index contributed by atoms with van der Waals surface area (Å²) in [6.07, 6.45) is -14.2. The van der Waals surface area contributed by atoms with Gasteiger partial charge in [-0.05, 0) is 0 Å². The number of hydrogen-bond acceptors (Lipinski definition) is 2. The summed E-state index contributed by atoms with van der Waals surface area (Å²) in [5, 5.41) is -7.71. The van der Waals surface area contributed by atoms with E-state index < -0.39 is 57.3 Å². The van der Waals surface area contributed by atoms with Gasteiger partial charge in [0.2, 0.25) is 6.17 Å². The lowest BCUT2D eigenvalue weighted by Crippen LogP contribution is -2.72. The van der Waals surface area contributed by atoms with Crippen LogP contribution in [0, 0.1) is 0 Å². The molecular formula is C8H2F16O3S. The van der Waals surface area contributed by atoms with Crippen molar-refractivity contribution in [3.8, 4) is 0 Å². The van der Waals surface area contributed by atoms with Crippen LogP contribution < -0.4 is 0 Å². The van der Waals surface area contributed by atoms with Gasteiger partial charge >= 0.3 is 51.2 Å². The van der Waals surface area contributed by atoms with Crippen molar-refractivity contribution in [3.05, 3.63) is 0 Å². The van der Waals surface area contributed by atoms with Crippen molar-refractivity contribution >= 4 is 10.1 Å². The van der Waals surface area contributed by atoms with Crippen LogP contribution in [0.5, 0.6) is 0 Å². The molecule has 20 heteroatoms.